The van der Waals surface area contributed by atoms with Crippen molar-refractivity contribution in [3.8, 4) is 11.1 Å². The summed E-state index contributed by atoms with van der Waals surface area (Å²) in [5.41, 5.74) is 10.6. The minimum Gasteiger partial charge on any atom is -0.0620 e. The van der Waals surface area contributed by atoms with Crippen LogP contribution in [0.25, 0.3) is 33.5 Å². The van der Waals surface area contributed by atoms with E-state index in [0.717, 1.165) is 0 Å². The number of hydrogen-bond donors (Lipinski definition) is 0. The summed E-state index contributed by atoms with van der Waals surface area (Å²) < 4.78 is 0. The van der Waals surface area contributed by atoms with Crippen LogP contribution in [0.3, 0.4) is 0 Å². The average Bonchev–Trinajstić information content (AvgIpc) is 3.04. The lowest BCUT2D eigenvalue weighted by Gasteiger charge is -2.13. The van der Waals surface area contributed by atoms with Crippen molar-refractivity contribution in [3.63, 3.8) is 0 Å². The van der Waals surface area contributed by atoms with Crippen LogP contribution >= 0.6 is 0 Å². The smallest absolute Gasteiger partial charge is 0.00324 e. The SMILES string of the molecule is Cc1ccccc1-c1cc(C2=Cc3cccc4cccc2c34)ccc1C. The second kappa shape index (κ2) is 5.71. The molecule has 4 aromatic rings. The zero-order valence-corrected chi connectivity index (χ0v) is 15.1. The molecule has 0 aromatic heterocycles. The zero-order chi connectivity index (χ0) is 17.7. The molecule has 0 spiro atoms. The highest BCUT2D eigenvalue weighted by Crippen LogP contribution is 2.41. The summed E-state index contributed by atoms with van der Waals surface area (Å²) in [5.74, 6) is 0. The molecule has 0 saturated heterocycles. The molecule has 1 aliphatic rings. The van der Waals surface area contributed by atoms with Crippen molar-refractivity contribution in [2.75, 3.05) is 0 Å². The molecule has 0 saturated carbocycles. The van der Waals surface area contributed by atoms with E-state index in [1.807, 2.05) is 0 Å². The normalized spacial score (nSPS) is 12.5. The minimum absolute atomic E-state index is 1.29. The monoisotopic (exact) mass is 332 g/mol. The van der Waals surface area contributed by atoms with Crippen LogP contribution in [0, 0.1) is 13.8 Å². The van der Waals surface area contributed by atoms with Crippen molar-refractivity contribution in [2.45, 2.75) is 13.8 Å². The van der Waals surface area contributed by atoms with E-state index in [1.54, 1.807) is 0 Å². The fourth-order valence-corrected chi connectivity index (χ4v) is 4.14. The van der Waals surface area contributed by atoms with Gasteiger partial charge in [-0.3, -0.25) is 0 Å². The van der Waals surface area contributed by atoms with Gasteiger partial charge in [-0.1, -0.05) is 72.8 Å². The zero-order valence-electron chi connectivity index (χ0n) is 15.1. The van der Waals surface area contributed by atoms with Crippen LogP contribution in [0.15, 0.2) is 78.9 Å². The summed E-state index contributed by atoms with van der Waals surface area (Å²) in [6.45, 7) is 4.39. The van der Waals surface area contributed by atoms with Crippen LogP contribution in [0.1, 0.15) is 27.8 Å². The van der Waals surface area contributed by atoms with E-state index in [0.29, 0.717) is 0 Å². The third kappa shape index (κ3) is 2.23. The Balaban J connectivity index is 1.71. The van der Waals surface area contributed by atoms with E-state index < -0.39 is 0 Å². The topological polar surface area (TPSA) is 0 Å². The predicted molar refractivity (Wildman–Crippen MR) is 112 cm³/mol. The summed E-state index contributed by atoms with van der Waals surface area (Å²) in [6, 6.07) is 28.7. The first-order valence-corrected chi connectivity index (χ1v) is 9.13. The molecule has 0 N–H and O–H groups in total. The Morgan fingerprint density at radius 1 is 0.577 bits per heavy atom. The summed E-state index contributed by atoms with van der Waals surface area (Å²) in [6.07, 6.45) is 2.34. The highest BCUT2D eigenvalue weighted by atomic mass is 14.2. The van der Waals surface area contributed by atoms with Crippen molar-refractivity contribution in [3.05, 3.63) is 107 Å². The first-order chi connectivity index (χ1) is 12.7. The van der Waals surface area contributed by atoms with Gasteiger partial charge < -0.3 is 0 Å². The van der Waals surface area contributed by atoms with Gasteiger partial charge in [-0.15, -0.1) is 0 Å². The number of benzene rings is 4. The Morgan fingerprint density at radius 2 is 1.31 bits per heavy atom. The van der Waals surface area contributed by atoms with Crippen LogP contribution in [-0.4, -0.2) is 0 Å². The van der Waals surface area contributed by atoms with E-state index in [-0.39, 0.29) is 0 Å². The van der Waals surface area contributed by atoms with Crippen LogP contribution in [0.2, 0.25) is 0 Å². The molecule has 0 aliphatic heterocycles. The Hall–Kier alpha value is -3.12. The molecule has 0 heterocycles. The summed E-state index contributed by atoms with van der Waals surface area (Å²) >= 11 is 0. The van der Waals surface area contributed by atoms with Crippen molar-refractivity contribution in [1.82, 2.24) is 0 Å². The van der Waals surface area contributed by atoms with Gasteiger partial charge in [-0.25, -0.2) is 0 Å². The quantitative estimate of drug-likeness (QED) is 0.325. The molecule has 4 aromatic carbocycles. The lowest BCUT2D eigenvalue weighted by Crippen LogP contribution is -1.91. The summed E-state index contributed by atoms with van der Waals surface area (Å²) in [7, 11) is 0. The average molecular weight is 332 g/mol. The molecule has 0 radical (unpaired) electrons. The highest BCUT2D eigenvalue weighted by Gasteiger charge is 2.18. The molecule has 0 fully saturated rings. The van der Waals surface area contributed by atoms with E-state index in [9.17, 15) is 0 Å². The number of aryl methyl sites for hydroxylation is 2. The van der Waals surface area contributed by atoms with Gasteiger partial charge in [0.1, 0.15) is 0 Å². The van der Waals surface area contributed by atoms with Gasteiger partial charge in [0.15, 0.2) is 0 Å². The maximum absolute atomic E-state index is 2.36. The Labute approximate surface area is 154 Å². The standard InChI is InChI=1S/C26H20/c1-17-7-3-4-11-22(17)24-15-20(14-13-18(24)2)25-16-21-10-5-8-19-9-6-12-23(25)26(19)21/h3-16H,1-2H3. The fourth-order valence-electron chi connectivity index (χ4n) is 4.14. The highest BCUT2D eigenvalue weighted by molar-refractivity contribution is 6.13. The molecule has 0 nitrogen and oxygen atoms in total. The first kappa shape index (κ1) is 15.2. The van der Waals surface area contributed by atoms with Crippen molar-refractivity contribution < 1.29 is 0 Å². The molecule has 0 heteroatoms. The van der Waals surface area contributed by atoms with Gasteiger partial charge in [-0.05, 0) is 81.3 Å². The van der Waals surface area contributed by atoms with Crippen molar-refractivity contribution in [1.29, 1.82) is 0 Å². The fraction of sp³-hybridized carbons (Fsp3) is 0.0769. The van der Waals surface area contributed by atoms with Gasteiger partial charge >= 0.3 is 0 Å². The molecular formula is C26H20. The van der Waals surface area contributed by atoms with Crippen LogP contribution in [0.4, 0.5) is 0 Å². The predicted octanol–water partition coefficient (Wildman–Crippen LogP) is 7.03. The summed E-state index contributed by atoms with van der Waals surface area (Å²) in [5, 5.41) is 2.69. The van der Waals surface area contributed by atoms with E-state index in [4.69, 9.17) is 0 Å². The van der Waals surface area contributed by atoms with Crippen molar-refractivity contribution in [2.24, 2.45) is 0 Å². The van der Waals surface area contributed by atoms with Gasteiger partial charge in [0, 0.05) is 0 Å². The molecule has 5 rings (SSSR count). The van der Waals surface area contributed by atoms with E-state index in [2.05, 4.69) is 98.8 Å². The van der Waals surface area contributed by atoms with Crippen LogP contribution < -0.4 is 0 Å². The maximum Gasteiger partial charge on any atom is -0.00324 e. The maximum atomic E-state index is 2.36. The van der Waals surface area contributed by atoms with E-state index in [1.165, 1.54) is 55.3 Å². The molecule has 0 amide bonds. The Bertz CT molecular complexity index is 1190. The number of rotatable bonds is 2. The van der Waals surface area contributed by atoms with Gasteiger partial charge in [-0.2, -0.15) is 0 Å². The molecule has 0 atom stereocenters. The molecule has 1 aliphatic carbocycles. The Morgan fingerprint density at radius 3 is 2.15 bits per heavy atom. The lowest BCUT2D eigenvalue weighted by atomic mass is 9.91. The van der Waals surface area contributed by atoms with Crippen LogP contribution in [0.5, 0.6) is 0 Å². The second-order valence-electron chi connectivity index (χ2n) is 7.15. The van der Waals surface area contributed by atoms with Gasteiger partial charge in [0.2, 0.25) is 0 Å². The third-order valence-electron chi connectivity index (χ3n) is 5.51. The molecule has 124 valence electrons. The Kier molecular flexibility index (Phi) is 3.33. The van der Waals surface area contributed by atoms with Gasteiger partial charge in [0.05, 0.1) is 0 Å². The third-order valence-corrected chi connectivity index (χ3v) is 5.51. The van der Waals surface area contributed by atoms with E-state index >= 15 is 0 Å². The molecule has 0 bridgehead atoms. The molecule has 0 unspecified atom stereocenters. The minimum atomic E-state index is 1.29. The summed E-state index contributed by atoms with van der Waals surface area (Å²) in [4.78, 5) is 0. The molecule has 26 heavy (non-hydrogen) atoms. The second-order valence-corrected chi connectivity index (χ2v) is 7.15. The van der Waals surface area contributed by atoms with Crippen molar-refractivity contribution >= 4 is 22.4 Å². The lowest BCUT2D eigenvalue weighted by molar-refractivity contribution is 1.40. The first-order valence-electron chi connectivity index (χ1n) is 9.13. The number of hydrogen-bond acceptors (Lipinski definition) is 0. The molecular weight excluding hydrogens is 312 g/mol. The van der Waals surface area contributed by atoms with Crippen LogP contribution in [-0.2, 0) is 0 Å². The van der Waals surface area contributed by atoms with Gasteiger partial charge in [0.25, 0.3) is 0 Å². The largest absolute Gasteiger partial charge is 0.0620 e.